The molecular formula is C20H26N2O4S. The molecule has 2 aromatic rings. The van der Waals surface area contributed by atoms with Crippen LogP contribution in [0.25, 0.3) is 0 Å². The lowest BCUT2D eigenvalue weighted by atomic mass is 10.1. The molecular weight excluding hydrogens is 364 g/mol. The Kier molecular flexibility index (Phi) is 7.82. The molecule has 0 aliphatic heterocycles. The molecule has 7 heteroatoms. The maximum atomic E-state index is 12.1. The molecule has 1 amide bonds. The molecule has 1 atom stereocenters. The highest BCUT2D eigenvalue weighted by Gasteiger charge is 2.24. The first-order valence-corrected chi connectivity index (χ1v) is 10.7. The van der Waals surface area contributed by atoms with Crippen LogP contribution in [0.4, 0.5) is 0 Å². The summed E-state index contributed by atoms with van der Waals surface area (Å²) in [5, 5.41) is 2.75. The molecule has 27 heavy (non-hydrogen) atoms. The minimum atomic E-state index is -3.41. The summed E-state index contributed by atoms with van der Waals surface area (Å²) in [7, 11) is -3.41. The molecule has 0 spiro atoms. The van der Waals surface area contributed by atoms with Crippen LogP contribution in [-0.2, 0) is 14.8 Å². The van der Waals surface area contributed by atoms with Gasteiger partial charge in [0.15, 0.2) is 0 Å². The van der Waals surface area contributed by atoms with Crippen molar-refractivity contribution in [2.75, 3.05) is 26.0 Å². The van der Waals surface area contributed by atoms with Crippen molar-refractivity contribution in [2.45, 2.75) is 19.4 Å². The predicted molar refractivity (Wildman–Crippen MR) is 106 cm³/mol. The van der Waals surface area contributed by atoms with Crippen LogP contribution in [-0.4, -0.2) is 44.6 Å². The van der Waals surface area contributed by atoms with E-state index in [1.807, 2.05) is 67.6 Å². The molecule has 0 heterocycles. The van der Waals surface area contributed by atoms with Gasteiger partial charge in [0.1, 0.15) is 5.75 Å². The predicted octanol–water partition coefficient (Wildman–Crippen LogP) is 2.59. The quantitative estimate of drug-likeness (QED) is 0.677. The fourth-order valence-electron chi connectivity index (χ4n) is 2.72. The average Bonchev–Trinajstić information content (AvgIpc) is 2.65. The van der Waals surface area contributed by atoms with Gasteiger partial charge < -0.3 is 10.1 Å². The van der Waals surface area contributed by atoms with Crippen LogP contribution in [0.3, 0.4) is 0 Å². The van der Waals surface area contributed by atoms with E-state index in [0.717, 1.165) is 5.56 Å². The Hall–Kier alpha value is -2.38. The standard InChI is InChI=1S/C20H26N2O4S/c1-17(18-9-5-3-6-10-18)22(27(2,24)25)15-14-21-20(23)13-16-26-19-11-7-4-8-12-19/h3-12,17H,13-16H2,1-2H3,(H,21,23). The number of ether oxygens (including phenoxy) is 1. The maximum Gasteiger partial charge on any atom is 0.223 e. The molecule has 2 aromatic carbocycles. The molecule has 1 unspecified atom stereocenters. The largest absolute Gasteiger partial charge is 0.493 e. The van der Waals surface area contributed by atoms with Crippen molar-refractivity contribution in [1.82, 2.24) is 9.62 Å². The van der Waals surface area contributed by atoms with Crippen molar-refractivity contribution < 1.29 is 17.9 Å². The number of sulfonamides is 1. The number of amides is 1. The molecule has 0 aliphatic rings. The van der Waals surface area contributed by atoms with E-state index in [-0.39, 0.29) is 38.1 Å². The number of hydrogen-bond acceptors (Lipinski definition) is 4. The molecule has 2 rings (SSSR count). The van der Waals surface area contributed by atoms with E-state index in [1.165, 1.54) is 10.6 Å². The lowest BCUT2D eigenvalue weighted by molar-refractivity contribution is -0.121. The Morgan fingerprint density at radius 2 is 1.67 bits per heavy atom. The van der Waals surface area contributed by atoms with Gasteiger partial charge in [-0.05, 0) is 24.6 Å². The van der Waals surface area contributed by atoms with Crippen molar-refractivity contribution in [2.24, 2.45) is 0 Å². The van der Waals surface area contributed by atoms with Gasteiger partial charge in [0, 0.05) is 19.1 Å². The second kappa shape index (κ2) is 10.1. The molecule has 0 aliphatic carbocycles. The zero-order valence-corrected chi connectivity index (χ0v) is 16.5. The number of nitrogens with zero attached hydrogens (tertiary/aromatic N) is 1. The Balaban J connectivity index is 1.80. The number of rotatable bonds is 10. The van der Waals surface area contributed by atoms with E-state index >= 15 is 0 Å². The molecule has 0 bridgehead atoms. The molecule has 0 saturated carbocycles. The third-order valence-electron chi connectivity index (χ3n) is 4.14. The number of para-hydroxylation sites is 1. The third kappa shape index (κ3) is 7.03. The smallest absolute Gasteiger partial charge is 0.223 e. The Morgan fingerprint density at radius 1 is 1.07 bits per heavy atom. The molecule has 0 radical (unpaired) electrons. The number of hydrogen-bond donors (Lipinski definition) is 1. The maximum absolute atomic E-state index is 12.1. The van der Waals surface area contributed by atoms with E-state index < -0.39 is 10.0 Å². The molecule has 0 fully saturated rings. The number of benzene rings is 2. The molecule has 0 aromatic heterocycles. The van der Waals surface area contributed by atoms with Crippen molar-refractivity contribution in [3.05, 3.63) is 66.2 Å². The van der Waals surface area contributed by atoms with Crippen LogP contribution < -0.4 is 10.1 Å². The van der Waals surface area contributed by atoms with Gasteiger partial charge >= 0.3 is 0 Å². The highest BCUT2D eigenvalue weighted by Crippen LogP contribution is 2.21. The van der Waals surface area contributed by atoms with Gasteiger partial charge in [-0.1, -0.05) is 48.5 Å². The van der Waals surface area contributed by atoms with Crippen LogP contribution in [0.2, 0.25) is 0 Å². The zero-order valence-electron chi connectivity index (χ0n) is 15.7. The summed E-state index contributed by atoms with van der Waals surface area (Å²) in [4.78, 5) is 11.9. The van der Waals surface area contributed by atoms with E-state index in [2.05, 4.69) is 5.32 Å². The van der Waals surface area contributed by atoms with Crippen LogP contribution in [0.5, 0.6) is 5.75 Å². The SMILES string of the molecule is CC(c1ccccc1)N(CCNC(=O)CCOc1ccccc1)S(C)(=O)=O. The summed E-state index contributed by atoms with van der Waals surface area (Å²) >= 11 is 0. The normalized spacial score (nSPS) is 12.6. The summed E-state index contributed by atoms with van der Waals surface area (Å²) in [6, 6.07) is 18.4. The second-order valence-corrected chi connectivity index (χ2v) is 8.16. The van der Waals surface area contributed by atoms with E-state index in [1.54, 1.807) is 0 Å². The van der Waals surface area contributed by atoms with Crippen molar-refractivity contribution >= 4 is 15.9 Å². The van der Waals surface area contributed by atoms with Crippen LogP contribution in [0.1, 0.15) is 24.9 Å². The average molecular weight is 391 g/mol. The first kappa shape index (κ1) is 20.9. The summed E-state index contributed by atoms with van der Waals surface area (Å²) < 4.78 is 31.2. The molecule has 1 N–H and O–H groups in total. The van der Waals surface area contributed by atoms with Gasteiger partial charge in [0.05, 0.1) is 19.3 Å². The van der Waals surface area contributed by atoms with Crippen LogP contribution >= 0.6 is 0 Å². The Bertz CT molecular complexity index is 810. The number of carbonyl (C=O) groups excluding carboxylic acids is 1. The Morgan fingerprint density at radius 3 is 2.26 bits per heavy atom. The van der Waals surface area contributed by atoms with Crippen LogP contribution in [0.15, 0.2) is 60.7 Å². The van der Waals surface area contributed by atoms with Gasteiger partial charge in [0.2, 0.25) is 15.9 Å². The summed E-state index contributed by atoms with van der Waals surface area (Å²) in [5.74, 6) is 0.539. The fraction of sp³-hybridized carbons (Fsp3) is 0.350. The van der Waals surface area contributed by atoms with Gasteiger partial charge in [-0.25, -0.2) is 8.42 Å². The fourth-order valence-corrected chi connectivity index (χ4v) is 3.84. The van der Waals surface area contributed by atoms with Crippen molar-refractivity contribution in [3.8, 4) is 5.75 Å². The van der Waals surface area contributed by atoms with E-state index in [9.17, 15) is 13.2 Å². The molecule has 0 saturated heterocycles. The summed E-state index contributed by atoms with van der Waals surface area (Å²) in [5.41, 5.74) is 0.908. The minimum Gasteiger partial charge on any atom is -0.493 e. The number of nitrogens with one attached hydrogen (secondary N) is 1. The van der Waals surface area contributed by atoms with Gasteiger partial charge in [0.25, 0.3) is 0 Å². The second-order valence-electron chi connectivity index (χ2n) is 6.22. The monoisotopic (exact) mass is 390 g/mol. The highest BCUT2D eigenvalue weighted by molar-refractivity contribution is 7.88. The van der Waals surface area contributed by atoms with Gasteiger partial charge in [-0.15, -0.1) is 0 Å². The van der Waals surface area contributed by atoms with Crippen molar-refractivity contribution in [3.63, 3.8) is 0 Å². The van der Waals surface area contributed by atoms with E-state index in [4.69, 9.17) is 4.74 Å². The Labute approximate surface area is 161 Å². The molecule has 6 nitrogen and oxygen atoms in total. The summed E-state index contributed by atoms with van der Waals surface area (Å²) in [6.45, 7) is 2.56. The molecule has 146 valence electrons. The minimum absolute atomic E-state index is 0.174. The first-order valence-electron chi connectivity index (χ1n) is 8.84. The third-order valence-corrected chi connectivity index (χ3v) is 5.49. The first-order chi connectivity index (χ1) is 12.9. The van der Waals surface area contributed by atoms with Crippen molar-refractivity contribution in [1.29, 1.82) is 0 Å². The summed E-state index contributed by atoms with van der Waals surface area (Å²) in [6.07, 6.45) is 1.39. The lowest BCUT2D eigenvalue weighted by Gasteiger charge is -2.27. The number of carbonyl (C=O) groups is 1. The van der Waals surface area contributed by atoms with Gasteiger partial charge in [-0.2, -0.15) is 4.31 Å². The van der Waals surface area contributed by atoms with E-state index in [0.29, 0.717) is 5.75 Å². The topological polar surface area (TPSA) is 75.7 Å². The zero-order chi connectivity index (χ0) is 19.7. The van der Waals surface area contributed by atoms with Gasteiger partial charge in [-0.3, -0.25) is 4.79 Å². The lowest BCUT2D eigenvalue weighted by Crippen LogP contribution is -2.39. The highest BCUT2D eigenvalue weighted by atomic mass is 32.2. The van der Waals surface area contributed by atoms with Crippen LogP contribution in [0, 0.1) is 0 Å².